The number of likely N-dealkylation sites (tertiary alicyclic amines) is 1. The number of piperidine rings is 1. The number of rotatable bonds is 3. The molecule has 0 aliphatic carbocycles. The third kappa shape index (κ3) is 2.69. The molecule has 1 unspecified atom stereocenters. The molecule has 1 rings (SSSR count). The highest BCUT2D eigenvalue weighted by atomic mass is 35.5. The number of halogens is 1. The molecule has 0 aromatic heterocycles. The Hall–Kier alpha value is -0.570. The lowest BCUT2D eigenvalue weighted by molar-refractivity contribution is -0.148. The van der Waals surface area contributed by atoms with Gasteiger partial charge in [0.15, 0.2) is 0 Å². The summed E-state index contributed by atoms with van der Waals surface area (Å²) in [5.74, 6) is 0.575. The number of carbonyl (C=O) groups is 2. The lowest BCUT2D eigenvalue weighted by Crippen LogP contribution is -2.42. The Bertz CT molecular complexity index is 202. The maximum Gasteiger partial charge on any atom is 0.229 e. The second kappa shape index (κ2) is 4.61. The van der Waals surface area contributed by atoms with Crippen LogP contribution >= 0.6 is 11.6 Å². The summed E-state index contributed by atoms with van der Waals surface area (Å²) in [7, 11) is 0. The minimum Gasteiger partial charge on any atom is -0.282 e. The van der Waals surface area contributed by atoms with E-state index in [-0.39, 0.29) is 17.7 Å². The Morgan fingerprint density at radius 2 is 1.92 bits per heavy atom. The molecule has 0 spiro atoms. The zero-order valence-electron chi connectivity index (χ0n) is 7.75. The van der Waals surface area contributed by atoms with Gasteiger partial charge in [-0.3, -0.25) is 14.5 Å². The number of hydrogen-bond donors (Lipinski definition) is 0. The molecule has 13 heavy (non-hydrogen) atoms. The fraction of sp³-hybridized carbons (Fsp3) is 0.778. The van der Waals surface area contributed by atoms with Gasteiger partial charge in [-0.1, -0.05) is 6.92 Å². The van der Waals surface area contributed by atoms with Gasteiger partial charge >= 0.3 is 0 Å². The molecule has 0 radical (unpaired) electrons. The van der Waals surface area contributed by atoms with E-state index in [1.807, 2.05) is 6.92 Å². The van der Waals surface area contributed by atoms with Crippen molar-refractivity contribution in [1.82, 2.24) is 4.90 Å². The first-order chi connectivity index (χ1) is 6.15. The summed E-state index contributed by atoms with van der Waals surface area (Å²) in [4.78, 5) is 24.0. The molecule has 3 nitrogen and oxygen atoms in total. The van der Waals surface area contributed by atoms with Crippen molar-refractivity contribution >= 4 is 23.4 Å². The third-order valence-corrected chi connectivity index (χ3v) is 2.67. The smallest absolute Gasteiger partial charge is 0.229 e. The van der Waals surface area contributed by atoms with Gasteiger partial charge in [0.25, 0.3) is 0 Å². The first-order valence-corrected chi connectivity index (χ1v) is 5.07. The molecule has 1 atom stereocenters. The maximum absolute atomic E-state index is 11.3. The van der Waals surface area contributed by atoms with Crippen LogP contribution in [-0.4, -0.2) is 29.1 Å². The molecule has 1 saturated heterocycles. The van der Waals surface area contributed by atoms with Gasteiger partial charge in [-0.2, -0.15) is 0 Å². The van der Waals surface area contributed by atoms with Gasteiger partial charge in [-0.25, -0.2) is 0 Å². The quantitative estimate of drug-likeness (QED) is 0.514. The third-order valence-electron chi connectivity index (χ3n) is 2.14. The molecule has 0 saturated carbocycles. The van der Waals surface area contributed by atoms with Gasteiger partial charge in [0.05, 0.1) is 0 Å². The molecule has 0 N–H and O–H groups in total. The number of alkyl halides is 1. The van der Waals surface area contributed by atoms with Crippen molar-refractivity contribution in [2.45, 2.75) is 26.2 Å². The summed E-state index contributed by atoms with van der Waals surface area (Å²) in [6, 6.07) is 0. The van der Waals surface area contributed by atoms with E-state index in [2.05, 4.69) is 0 Å². The summed E-state index contributed by atoms with van der Waals surface area (Å²) in [5, 5.41) is 0. The van der Waals surface area contributed by atoms with Crippen LogP contribution in [0, 0.1) is 5.92 Å². The molecular weight excluding hydrogens is 190 g/mol. The standard InChI is InChI=1S/C9H14ClNO2/c1-7(5-10)6-11-8(12)3-2-4-9(11)13/h7H,2-6H2,1H3. The zero-order chi connectivity index (χ0) is 9.84. The van der Waals surface area contributed by atoms with E-state index in [1.165, 1.54) is 4.90 Å². The van der Waals surface area contributed by atoms with E-state index in [0.29, 0.717) is 31.7 Å². The minimum atomic E-state index is -0.0479. The second-order valence-corrected chi connectivity index (χ2v) is 3.82. The van der Waals surface area contributed by atoms with Crippen LogP contribution in [0.15, 0.2) is 0 Å². The summed E-state index contributed by atoms with van der Waals surface area (Å²) < 4.78 is 0. The number of amides is 2. The number of nitrogens with zero attached hydrogens (tertiary/aromatic N) is 1. The van der Waals surface area contributed by atoms with Crippen molar-refractivity contribution in [2.75, 3.05) is 12.4 Å². The van der Waals surface area contributed by atoms with E-state index in [0.717, 1.165) is 0 Å². The lowest BCUT2D eigenvalue weighted by Gasteiger charge is -2.26. The Kier molecular flexibility index (Phi) is 3.72. The van der Waals surface area contributed by atoms with Crippen LogP contribution in [0.25, 0.3) is 0 Å². The largest absolute Gasteiger partial charge is 0.282 e. The first kappa shape index (κ1) is 10.5. The zero-order valence-corrected chi connectivity index (χ0v) is 8.51. The maximum atomic E-state index is 11.3. The SMILES string of the molecule is CC(CCl)CN1C(=O)CCCC1=O. The van der Waals surface area contributed by atoms with Crippen molar-refractivity contribution in [2.24, 2.45) is 5.92 Å². The summed E-state index contributed by atoms with van der Waals surface area (Å²) in [6.45, 7) is 2.41. The van der Waals surface area contributed by atoms with Crippen LogP contribution < -0.4 is 0 Å². The van der Waals surface area contributed by atoms with Gasteiger partial charge in [0.2, 0.25) is 11.8 Å². The van der Waals surface area contributed by atoms with Crippen LogP contribution in [0.1, 0.15) is 26.2 Å². The normalized spacial score (nSPS) is 20.6. The monoisotopic (exact) mass is 203 g/mol. The molecule has 74 valence electrons. The van der Waals surface area contributed by atoms with E-state index in [9.17, 15) is 9.59 Å². The Morgan fingerprint density at radius 3 is 2.38 bits per heavy atom. The van der Waals surface area contributed by atoms with E-state index in [4.69, 9.17) is 11.6 Å². The Labute approximate surface area is 83.0 Å². The van der Waals surface area contributed by atoms with Gasteiger partial charge in [0.1, 0.15) is 0 Å². The highest BCUT2D eigenvalue weighted by Crippen LogP contribution is 2.14. The van der Waals surface area contributed by atoms with Crippen molar-refractivity contribution in [1.29, 1.82) is 0 Å². The highest BCUT2D eigenvalue weighted by Gasteiger charge is 2.26. The minimum absolute atomic E-state index is 0.0479. The van der Waals surface area contributed by atoms with Crippen molar-refractivity contribution in [3.05, 3.63) is 0 Å². The van der Waals surface area contributed by atoms with Crippen LogP contribution in [0.5, 0.6) is 0 Å². The molecule has 1 aliphatic rings. The summed E-state index contributed by atoms with van der Waals surface area (Å²) >= 11 is 5.62. The van der Waals surface area contributed by atoms with E-state index in [1.54, 1.807) is 0 Å². The van der Waals surface area contributed by atoms with Gasteiger partial charge in [0, 0.05) is 25.3 Å². The number of carbonyl (C=O) groups excluding carboxylic acids is 2. The number of imide groups is 1. The molecule has 4 heteroatoms. The molecule has 0 aromatic rings. The molecule has 2 amide bonds. The predicted octanol–water partition coefficient (Wildman–Crippen LogP) is 1.40. The lowest BCUT2D eigenvalue weighted by atomic mass is 10.1. The van der Waals surface area contributed by atoms with Crippen molar-refractivity contribution in [3.63, 3.8) is 0 Å². The van der Waals surface area contributed by atoms with E-state index < -0.39 is 0 Å². The second-order valence-electron chi connectivity index (χ2n) is 3.51. The Balaban J connectivity index is 2.54. The van der Waals surface area contributed by atoms with Gasteiger partial charge in [-0.15, -0.1) is 11.6 Å². The average Bonchev–Trinajstić information content (AvgIpc) is 2.11. The topological polar surface area (TPSA) is 37.4 Å². The van der Waals surface area contributed by atoms with Crippen LogP contribution in [0.2, 0.25) is 0 Å². The average molecular weight is 204 g/mol. The summed E-state index contributed by atoms with van der Waals surface area (Å²) in [5.41, 5.74) is 0. The van der Waals surface area contributed by atoms with E-state index >= 15 is 0 Å². The molecule has 1 fully saturated rings. The highest BCUT2D eigenvalue weighted by molar-refractivity contribution is 6.18. The predicted molar refractivity (Wildman–Crippen MR) is 50.5 cm³/mol. The van der Waals surface area contributed by atoms with Crippen molar-refractivity contribution in [3.8, 4) is 0 Å². The molecule has 1 aliphatic heterocycles. The van der Waals surface area contributed by atoms with Gasteiger partial charge < -0.3 is 0 Å². The van der Waals surface area contributed by atoms with Crippen LogP contribution in [0.3, 0.4) is 0 Å². The molecular formula is C9H14ClNO2. The first-order valence-electron chi connectivity index (χ1n) is 4.54. The fourth-order valence-electron chi connectivity index (χ4n) is 1.36. The number of hydrogen-bond acceptors (Lipinski definition) is 2. The molecule has 0 bridgehead atoms. The van der Waals surface area contributed by atoms with Gasteiger partial charge in [-0.05, 0) is 12.3 Å². The molecule has 1 heterocycles. The van der Waals surface area contributed by atoms with Crippen molar-refractivity contribution < 1.29 is 9.59 Å². The Morgan fingerprint density at radius 1 is 1.38 bits per heavy atom. The van der Waals surface area contributed by atoms with Crippen LogP contribution in [0.4, 0.5) is 0 Å². The fourth-order valence-corrected chi connectivity index (χ4v) is 1.46. The van der Waals surface area contributed by atoms with Crippen LogP contribution in [-0.2, 0) is 9.59 Å². The molecule has 0 aromatic carbocycles. The summed E-state index contributed by atoms with van der Waals surface area (Å²) in [6.07, 6.45) is 1.70.